The number of carbonyl (C=O) groups excluding carboxylic acids is 4. The van der Waals surface area contributed by atoms with E-state index in [0.717, 1.165) is 11.0 Å². The number of carbonyl (C=O) groups is 4. The number of ether oxygens (including phenoxy) is 3. The Morgan fingerprint density at radius 3 is 2.33 bits per heavy atom. The molecule has 5 aliphatic rings. The zero-order chi connectivity index (χ0) is 43.6. The molecule has 60 heavy (non-hydrogen) atoms. The van der Waals surface area contributed by atoms with Crippen molar-refractivity contribution in [2.45, 2.75) is 133 Å². The number of alkyl halides is 4. The number of allylic oxidation sites excluding steroid dienone is 1. The molecule has 328 valence electrons. The highest BCUT2D eigenvalue weighted by Crippen LogP contribution is 2.48. The van der Waals surface area contributed by atoms with E-state index >= 15 is 8.78 Å². The second kappa shape index (κ2) is 15.7. The Morgan fingerprint density at radius 1 is 1.02 bits per heavy atom. The molecule has 1 aromatic heterocycles. The maximum atomic E-state index is 16.2. The second-order valence-corrected chi connectivity index (χ2v) is 20.3. The lowest BCUT2D eigenvalue weighted by molar-refractivity contribution is -0.143. The third-order valence-corrected chi connectivity index (χ3v) is 13.6. The highest BCUT2D eigenvalue weighted by molar-refractivity contribution is 7.91. The monoisotopic (exact) mass is 866 g/mol. The lowest BCUT2D eigenvalue weighted by Crippen LogP contribution is -2.60. The van der Waals surface area contributed by atoms with Gasteiger partial charge < -0.3 is 29.7 Å². The molecule has 4 fully saturated rings. The largest absolute Gasteiger partial charge is 0.471 e. The predicted molar refractivity (Wildman–Crippen MR) is 206 cm³/mol. The lowest BCUT2D eigenvalue weighted by atomic mass is 9.85. The fourth-order valence-corrected chi connectivity index (χ4v) is 9.76. The van der Waals surface area contributed by atoms with E-state index in [0.29, 0.717) is 31.8 Å². The molecule has 3 saturated carbocycles. The highest BCUT2D eigenvalue weighted by Gasteiger charge is 2.63. The molecule has 7 atom stereocenters. The first-order valence-corrected chi connectivity index (χ1v) is 21.6. The molecular weight excluding hydrogens is 817 g/mol. The summed E-state index contributed by atoms with van der Waals surface area (Å²) in [6, 6.07) is 3.37. The summed E-state index contributed by atoms with van der Waals surface area (Å²) in [5.74, 6) is -8.52. The molecule has 1 aromatic carbocycles. The van der Waals surface area contributed by atoms with Gasteiger partial charge in [-0.15, -0.1) is 0 Å². The molecular formula is C40H50F4N6O9S. The summed E-state index contributed by atoms with van der Waals surface area (Å²) in [5, 5.41) is 4.32. The number of aromatic nitrogens is 2. The van der Waals surface area contributed by atoms with E-state index in [2.05, 4.69) is 20.6 Å². The second-order valence-electron chi connectivity index (χ2n) is 18.4. The molecule has 0 spiro atoms. The van der Waals surface area contributed by atoms with Crippen molar-refractivity contribution in [1.82, 2.24) is 30.2 Å². The quantitative estimate of drug-likeness (QED) is 0.262. The van der Waals surface area contributed by atoms with Crippen LogP contribution in [0.2, 0.25) is 0 Å². The van der Waals surface area contributed by atoms with Crippen molar-refractivity contribution in [3.05, 3.63) is 42.1 Å². The fourth-order valence-electron chi connectivity index (χ4n) is 8.40. The third kappa shape index (κ3) is 9.18. The zero-order valence-corrected chi connectivity index (χ0v) is 34.7. The molecule has 20 heteroatoms. The first kappa shape index (κ1) is 43.5. The molecule has 4 amide bonds. The Bertz CT molecular complexity index is 2180. The number of fused-ring (bicyclic) bond motifs is 5. The van der Waals surface area contributed by atoms with E-state index in [1.54, 1.807) is 32.9 Å². The molecule has 2 aliphatic heterocycles. The van der Waals surface area contributed by atoms with E-state index in [1.165, 1.54) is 12.1 Å². The molecule has 0 radical (unpaired) electrons. The summed E-state index contributed by atoms with van der Waals surface area (Å²) >= 11 is 0. The standard InChI is InChI=1S/C40H50F4N6O9S/c1-37(2,3)31-34(52)50-20-22(16-26(50)32(51)48-39(17-21(39)15-29(41)42)35(53)49-60(55,56)23-11-12-23)58-33-30(45-24-9-6-7-10-25(24)46-33)40(43,44)13-8-14-57-27-18-38(4,5)19-28(27)59-36(54)47-31/h6-10,13,21-23,26-29,31H,11-12,14-20H2,1-5H3,(H,47,54)(H,48,51)(H,49,53)/b13-8+/t21-,22-,26+,27-,28-,31-,39-/m1/s1. The maximum absolute atomic E-state index is 16.2. The first-order chi connectivity index (χ1) is 28.0. The van der Waals surface area contributed by atoms with Gasteiger partial charge in [0.1, 0.15) is 29.8 Å². The van der Waals surface area contributed by atoms with Gasteiger partial charge in [0.25, 0.3) is 5.91 Å². The number of amides is 4. The summed E-state index contributed by atoms with van der Waals surface area (Å²) in [5.41, 5.74) is -3.94. The maximum Gasteiger partial charge on any atom is 0.408 e. The topological polar surface area (TPSA) is 195 Å². The Morgan fingerprint density at radius 2 is 1.68 bits per heavy atom. The van der Waals surface area contributed by atoms with E-state index in [-0.39, 0.29) is 35.9 Å². The van der Waals surface area contributed by atoms with Gasteiger partial charge in [0.2, 0.25) is 34.1 Å². The fraction of sp³-hybridized carbons (Fsp3) is 0.650. The van der Waals surface area contributed by atoms with Gasteiger partial charge in [-0.3, -0.25) is 19.1 Å². The van der Waals surface area contributed by atoms with Crippen molar-refractivity contribution in [2.75, 3.05) is 13.2 Å². The van der Waals surface area contributed by atoms with Crippen LogP contribution in [0, 0.1) is 16.7 Å². The van der Waals surface area contributed by atoms with Crippen LogP contribution >= 0.6 is 0 Å². The minimum Gasteiger partial charge on any atom is -0.471 e. The van der Waals surface area contributed by atoms with Crippen LogP contribution in [0.25, 0.3) is 11.0 Å². The third-order valence-electron chi connectivity index (χ3n) is 11.8. The molecule has 2 aromatic rings. The molecule has 2 bridgehead atoms. The van der Waals surface area contributed by atoms with Crippen LogP contribution in [0.4, 0.5) is 22.4 Å². The van der Waals surface area contributed by atoms with Gasteiger partial charge in [-0.1, -0.05) is 52.8 Å². The van der Waals surface area contributed by atoms with E-state index in [9.17, 15) is 36.4 Å². The summed E-state index contributed by atoms with van der Waals surface area (Å²) in [7, 11) is -4.16. The van der Waals surface area contributed by atoms with Crippen LogP contribution in [-0.2, 0) is 39.8 Å². The number of nitrogens with zero attached hydrogens (tertiary/aromatic N) is 3. The number of nitrogens with one attached hydrogen (secondary N) is 3. The van der Waals surface area contributed by atoms with Gasteiger partial charge in [-0.2, -0.15) is 8.78 Å². The summed E-state index contributed by atoms with van der Waals surface area (Å²) in [6.07, 6.45) is -4.96. The molecule has 0 unspecified atom stereocenters. The summed E-state index contributed by atoms with van der Waals surface area (Å²) in [6.45, 7) is 8.19. The average Bonchev–Trinajstić information content (AvgIpc) is 4.05. The van der Waals surface area contributed by atoms with Gasteiger partial charge in [-0.25, -0.2) is 32.0 Å². The van der Waals surface area contributed by atoms with E-state index < -0.39 is 123 Å². The number of hydrogen-bond donors (Lipinski definition) is 3. The number of hydrogen-bond acceptors (Lipinski definition) is 11. The number of rotatable bonds is 7. The number of alkyl carbamates (subject to hydrolysis) is 1. The normalized spacial score (nSPS) is 31.1. The molecule has 3 N–H and O–H groups in total. The minimum absolute atomic E-state index is 0.138. The van der Waals surface area contributed by atoms with Crippen LogP contribution in [-0.4, -0.2) is 108 Å². The first-order valence-electron chi connectivity index (χ1n) is 20.0. The molecule has 7 rings (SSSR count). The Kier molecular flexibility index (Phi) is 11.4. The molecule has 1 saturated heterocycles. The summed E-state index contributed by atoms with van der Waals surface area (Å²) < 4.78 is 105. The van der Waals surface area contributed by atoms with Crippen molar-refractivity contribution in [3.8, 4) is 5.88 Å². The number of para-hydroxylation sites is 2. The average molecular weight is 867 g/mol. The van der Waals surface area contributed by atoms with Gasteiger partial charge >= 0.3 is 12.0 Å². The molecule has 3 aliphatic carbocycles. The van der Waals surface area contributed by atoms with Crippen molar-refractivity contribution >= 4 is 44.9 Å². The van der Waals surface area contributed by atoms with Gasteiger partial charge in [0.05, 0.1) is 35.5 Å². The number of sulfonamides is 1. The van der Waals surface area contributed by atoms with Crippen LogP contribution in [0.1, 0.15) is 85.3 Å². The smallest absolute Gasteiger partial charge is 0.408 e. The molecule has 15 nitrogen and oxygen atoms in total. The van der Waals surface area contributed by atoms with Crippen LogP contribution in [0.3, 0.4) is 0 Å². The van der Waals surface area contributed by atoms with Gasteiger partial charge in [0.15, 0.2) is 5.69 Å². The number of halogens is 4. The lowest BCUT2D eigenvalue weighted by Gasteiger charge is -2.35. The predicted octanol–water partition coefficient (Wildman–Crippen LogP) is 4.49. The van der Waals surface area contributed by atoms with Crippen molar-refractivity contribution in [2.24, 2.45) is 16.7 Å². The Balaban J connectivity index is 1.27. The van der Waals surface area contributed by atoms with Gasteiger partial charge in [0, 0.05) is 12.8 Å². The van der Waals surface area contributed by atoms with Crippen LogP contribution < -0.4 is 20.1 Å². The zero-order valence-electron chi connectivity index (χ0n) is 33.9. The van der Waals surface area contributed by atoms with E-state index in [4.69, 9.17) is 14.2 Å². The highest BCUT2D eigenvalue weighted by atomic mass is 32.2. The number of benzene rings is 1. The van der Waals surface area contributed by atoms with Gasteiger partial charge in [-0.05, 0) is 67.1 Å². The summed E-state index contributed by atoms with van der Waals surface area (Å²) in [4.78, 5) is 66.0. The Labute approximate surface area is 344 Å². The van der Waals surface area contributed by atoms with Crippen LogP contribution in [0.5, 0.6) is 5.88 Å². The van der Waals surface area contributed by atoms with E-state index in [1.807, 2.05) is 18.6 Å². The SMILES string of the molecule is CC1(C)C[C@H]2OC/C=C/C(F)(F)c3nc4ccccc4nc3O[C@@H]3C[C@@H](C(=O)N[C@]4(C(=O)NS(=O)(=O)C5CC5)C[C@H]4CC(F)F)N(C3)C(=O)[C@H](C(C)(C)C)NC(=O)O[C@@H]2C1. The molecule has 3 heterocycles. The van der Waals surface area contributed by atoms with Crippen molar-refractivity contribution < 1.29 is 59.4 Å². The Hall–Kier alpha value is -4.59. The minimum atomic E-state index is -4.16. The van der Waals surface area contributed by atoms with Crippen LogP contribution in [0.15, 0.2) is 36.4 Å². The van der Waals surface area contributed by atoms with Crippen molar-refractivity contribution in [1.29, 1.82) is 0 Å². The van der Waals surface area contributed by atoms with Crippen molar-refractivity contribution in [3.63, 3.8) is 0 Å².